The van der Waals surface area contributed by atoms with Crippen LogP contribution in [0.15, 0.2) is 59.5 Å². The van der Waals surface area contributed by atoms with Crippen LogP contribution >= 0.6 is 0 Å². The van der Waals surface area contributed by atoms with Gasteiger partial charge in [-0.2, -0.15) is 0 Å². The standard InChI is InChI=1S/C17H15N3O3/c1-2-16-20-15(11-22-16)17(21)19-12-4-3-5-14(10-12)23-13-6-8-18-9-7-13/h3-11H,2H2,1H3,(H,19,21). The summed E-state index contributed by atoms with van der Waals surface area (Å²) in [6, 6.07) is 10.6. The lowest BCUT2D eigenvalue weighted by Gasteiger charge is -2.08. The van der Waals surface area contributed by atoms with Crippen LogP contribution in [0, 0.1) is 0 Å². The van der Waals surface area contributed by atoms with Gasteiger partial charge in [0.25, 0.3) is 5.91 Å². The summed E-state index contributed by atoms with van der Waals surface area (Å²) in [4.78, 5) is 20.2. The molecule has 1 N–H and O–H groups in total. The Balaban J connectivity index is 1.71. The summed E-state index contributed by atoms with van der Waals surface area (Å²) in [5.41, 5.74) is 0.866. The maximum Gasteiger partial charge on any atom is 0.277 e. The van der Waals surface area contributed by atoms with Crippen LogP contribution in [0.3, 0.4) is 0 Å². The number of rotatable bonds is 5. The molecule has 0 bridgehead atoms. The number of amides is 1. The maximum absolute atomic E-state index is 12.1. The molecule has 0 saturated heterocycles. The van der Waals surface area contributed by atoms with Crippen molar-refractivity contribution in [1.82, 2.24) is 9.97 Å². The largest absolute Gasteiger partial charge is 0.457 e. The van der Waals surface area contributed by atoms with E-state index < -0.39 is 0 Å². The second kappa shape index (κ2) is 6.74. The number of aromatic nitrogens is 2. The lowest BCUT2D eigenvalue weighted by molar-refractivity contribution is 0.102. The number of anilines is 1. The maximum atomic E-state index is 12.1. The van der Waals surface area contributed by atoms with E-state index in [-0.39, 0.29) is 11.6 Å². The van der Waals surface area contributed by atoms with Crippen molar-refractivity contribution >= 4 is 11.6 Å². The number of pyridine rings is 1. The minimum atomic E-state index is -0.325. The number of carbonyl (C=O) groups is 1. The van der Waals surface area contributed by atoms with Crippen molar-refractivity contribution in [1.29, 1.82) is 0 Å². The molecule has 0 fully saturated rings. The molecular formula is C17H15N3O3. The molecule has 0 spiro atoms. The van der Waals surface area contributed by atoms with Gasteiger partial charge in [0.2, 0.25) is 0 Å². The smallest absolute Gasteiger partial charge is 0.277 e. The first-order chi connectivity index (χ1) is 11.2. The monoisotopic (exact) mass is 309 g/mol. The number of benzene rings is 1. The molecule has 0 unspecified atom stereocenters. The summed E-state index contributed by atoms with van der Waals surface area (Å²) >= 11 is 0. The molecule has 116 valence electrons. The molecule has 0 atom stereocenters. The molecule has 2 heterocycles. The van der Waals surface area contributed by atoms with Gasteiger partial charge in [0.05, 0.1) is 0 Å². The van der Waals surface area contributed by atoms with Crippen LogP contribution in [-0.4, -0.2) is 15.9 Å². The molecule has 6 heteroatoms. The minimum Gasteiger partial charge on any atom is -0.457 e. The number of ether oxygens (including phenoxy) is 1. The number of carbonyl (C=O) groups excluding carboxylic acids is 1. The average molecular weight is 309 g/mol. The predicted molar refractivity (Wildman–Crippen MR) is 84.6 cm³/mol. The van der Waals surface area contributed by atoms with Crippen molar-refractivity contribution in [2.75, 3.05) is 5.32 Å². The summed E-state index contributed by atoms with van der Waals surface area (Å²) in [6.45, 7) is 1.91. The Kier molecular flexibility index (Phi) is 4.33. The Bertz CT molecular complexity index is 800. The molecule has 1 amide bonds. The molecule has 0 saturated carbocycles. The van der Waals surface area contributed by atoms with Crippen LogP contribution in [0.25, 0.3) is 0 Å². The molecule has 23 heavy (non-hydrogen) atoms. The van der Waals surface area contributed by atoms with Crippen molar-refractivity contribution in [3.8, 4) is 11.5 Å². The van der Waals surface area contributed by atoms with Gasteiger partial charge in [0.1, 0.15) is 17.8 Å². The fraction of sp³-hybridized carbons (Fsp3) is 0.118. The Hall–Kier alpha value is -3.15. The fourth-order valence-electron chi connectivity index (χ4n) is 1.95. The topological polar surface area (TPSA) is 77.2 Å². The van der Waals surface area contributed by atoms with Gasteiger partial charge in [-0.15, -0.1) is 0 Å². The number of hydrogen-bond donors (Lipinski definition) is 1. The molecule has 0 aliphatic rings. The number of nitrogens with one attached hydrogen (secondary N) is 1. The Morgan fingerprint density at radius 2 is 2.04 bits per heavy atom. The first-order valence-electron chi connectivity index (χ1n) is 7.18. The van der Waals surface area contributed by atoms with E-state index in [4.69, 9.17) is 9.15 Å². The highest BCUT2D eigenvalue weighted by Crippen LogP contribution is 2.23. The van der Waals surface area contributed by atoms with Crippen LogP contribution in [0.1, 0.15) is 23.3 Å². The first-order valence-corrected chi connectivity index (χ1v) is 7.18. The molecule has 0 aliphatic heterocycles. The molecule has 0 aliphatic carbocycles. The van der Waals surface area contributed by atoms with Crippen LogP contribution in [0.4, 0.5) is 5.69 Å². The van der Waals surface area contributed by atoms with Crippen molar-refractivity contribution in [3.63, 3.8) is 0 Å². The average Bonchev–Trinajstić information content (AvgIpc) is 3.05. The Morgan fingerprint density at radius 1 is 1.22 bits per heavy atom. The SMILES string of the molecule is CCc1nc(C(=O)Nc2cccc(Oc3ccncc3)c2)co1. The van der Waals surface area contributed by atoms with Gasteiger partial charge in [-0.3, -0.25) is 9.78 Å². The van der Waals surface area contributed by atoms with E-state index in [2.05, 4.69) is 15.3 Å². The van der Waals surface area contributed by atoms with Crippen molar-refractivity contribution in [2.24, 2.45) is 0 Å². The van der Waals surface area contributed by atoms with Gasteiger partial charge < -0.3 is 14.5 Å². The molecule has 1 aromatic carbocycles. The highest BCUT2D eigenvalue weighted by molar-refractivity contribution is 6.02. The van der Waals surface area contributed by atoms with E-state index in [9.17, 15) is 4.79 Å². The third kappa shape index (κ3) is 3.74. The number of oxazole rings is 1. The number of hydrogen-bond acceptors (Lipinski definition) is 5. The van der Waals surface area contributed by atoms with Crippen molar-refractivity contribution in [2.45, 2.75) is 13.3 Å². The lowest BCUT2D eigenvalue weighted by atomic mass is 10.3. The predicted octanol–water partition coefficient (Wildman–Crippen LogP) is 3.68. The van der Waals surface area contributed by atoms with Gasteiger partial charge >= 0.3 is 0 Å². The zero-order valence-corrected chi connectivity index (χ0v) is 12.5. The van der Waals surface area contributed by atoms with Gasteiger partial charge in [-0.25, -0.2) is 4.98 Å². The van der Waals surface area contributed by atoms with Crippen LogP contribution in [-0.2, 0) is 6.42 Å². The van der Waals surface area contributed by atoms with Gasteiger partial charge in [-0.05, 0) is 24.3 Å². The van der Waals surface area contributed by atoms with Crippen molar-refractivity contribution in [3.05, 3.63) is 66.6 Å². The van der Waals surface area contributed by atoms with E-state index in [0.29, 0.717) is 29.5 Å². The summed E-state index contributed by atoms with van der Waals surface area (Å²) in [5.74, 6) is 1.50. The quantitative estimate of drug-likeness (QED) is 0.778. The Morgan fingerprint density at radius 3 is 2.78 bits per heavy atom. The molecule has 2 aromatic heterocycles. The second-order valence-corrected chi connectivity index (χ2v) is 4.75. The normalized spacial score (nSPS) is 10.3. The van der Waals surface area contributed by atoms with Gasteiger partial charge in [0, 0.05) is 30.6 Å². The van der Waals surface area contributed by atoms with E-state index in [1.807, 2.05) is 6.92 Å². The summed E-state index contributed by atoms with van der Waals surface area (Å²) in [6.07, 6.45) is 5.29. The molecule has 0 radical (unpaired) electrons. The van der Waals surface area contributed by atoms with E-state index in [0.717, 1.165) is 0 Å². The third-order valence-electron chi connectivity index (χ3n) is 3.06. The minimum absolute atomic E-state index is 0.252. The van der Waals surface area contributed by atoms with Gasteiger partial charge in [-0.1, -0.05) is 13.0 Å². The van der Waals surface area contributed by atoms with E-state index in [1.54, 1.807) is 48.8 Å². The lowest BCUT2D eigenvalue weighted by Crippen LogP contribution is -2.12. The van der Waals surface area contributed by atoms with Crippen LogP contribution in [0.5, 0.6) is 11.5 Å². The summed E-state index contributed by atoms with van der Waals surface area (Å²) in [5, 5.41) is 2.77. The zero-order valence-electron chi connectivity index (χ0n) is 12.5. The number of aryl methyl sites for hydroxylation is 1. The highest BCUT2D eigenvalue weighted by Gasteiger charge is 2.12. The van der Waals surface area contributed by atoms with E-state index in [1.165, 1.54) is 6.26 Å². The van der Waals surface area contributed by atoms with Gasteiger partial charge in [0.15, 0.2) is 11.6 Å². The molecule has 3 rings (SSSR count). The third-order valence-corrected chi connectivity index (χ3v) is 3.06. The summed E-state index contributed by atoms with van der Waals surface area (Å²) < 4.78 is 10.9. The Labute approximate surface area is 133 Å². The molecule has 3 aromatic rings. The fourth-order valence-corrected chi connectivity index (χ4v) is 1.95. The summed E-state index contributed by atoms with van der Waals surface area (Å²) in [7, 11) is 0. The van der Waals surface area contributed by atoms with Crippen molar-refractivity contribution < 1.29 is 13.9 Å². The second-order valence-electron chi connectivity index (χ2n) is 4.75. The highest BCUT2D eigenvalue weighted by atomic mass is 16.5. The zero-order chi connectivity index (χ0) is 16.1. The molecule has 6 nitrogen and oxygen atoms in total. The van der Waals surface area contributed by atoms with E-state index >= 15 is 0 Å². The molecular weight excluding hydrogens is 294 g/mol. The van der Waals surface area contributed by atoms with Crippen LogP contribution in [0.2, 0.25) is 0 Å². The number of nitrogens with zero attached hydrogens (tertiary/aromatic N) is 2. The van der Waals surface area contributed by atoms with Crippen LogP contribution < -0.4 is 10.1 Å². The first kappa shape index (κ1) is 14.8.